The van der Waals surface area contributed by atoms with E-state index in [2.05, 4.69) is 10.6 Å². The molecule has 0 saturated carbocycles. The number of Topliss-reactive ketones (excluding diaryl/α,β-unsaturated/α-hetero) is 1. The first-order valence-corrected chi connectivity index (χ1v) is 7.84. The number of carbonyl (C=O) groups excluding carboxylic acids is 3. The summed E-state index contributed by atoms with van der Waals surface area (Å²) < 4.78 is 0. The van der Waals surface area contributed by atoms with Crippen LogP contribution in [0.5, 0.6) is 0 Å². The van der Waals surface area contributed by atoms with Gasteiger partial charge in [-0.3, -0.25) is 14.4 Å². The highest BCUT2D eigenvalue weighted by Crippen LogP contribution is 2.14. The molecular formula is C20H20N2O3. The van der Waals surface area contributed by atoms with E-state index in [-0.39, 0.29) is 17.4 Å². The first kappa shape index (κ1) is 18.1. The van der Waals surface area contributed by atoms with Gasteiger partial charge in [0.25, 0.3) is 5.91 Å². The lowest BCUT2D eigenvalue weighted by atomic mass is 10.1. The third-order valence-electron chi connectivity index (χ3n) is 3.59. The maximum atomic E-state index is 12.5. The molecule has 2 N–H and O–H groups in total. The highest BCUT2D eigenvalue weighted by Gasteiger charge is 2.12. The van der Waals surface area contributed by atoms with E-state index in [9.17, 15) is 14.4 Å². The molecule has 2 rings (SSSR count). The van der Waals surface area contributed by atoms with Gasteiger partial charge in [-0.1, -0.05) is 24.3 Å². The van der Waals surface area contributed by atoms with Gasteiger partial charge in [-0.05, 0) is 55.3 Å². The zero-order valence-electron chi connectivity index (χ0n) is 14.4. The largest absolute Gasteiger partial charge is 0.322 e. The van der Waals surface area contributed by atoms with Crippen molar-refractivity contribution in [3.05, 3.63) is 70.9 Å². The molecule has 5 nitrogen and oxygen atoms in total. The van der Waals surface area contributed by atoms with Crippen molar-refractivity contribution < 1.29 is 14.4 Å². The monoisotopic (exact) mass is 336 g/mol. The minimum Gasteiger partial charge on any atom is -0.322 e. The molecule has 0 radical (unpaired) electrons. The lowest BCUT2D eigenvalue weighted by molar-refractivity contribution is -0.120. The maximum absolute atomic E-state index is 12.5. The Labute approximate surface area is 146 Å². The van der Waals surface area contributed by atoms with Crippen LogP contribution in [0.1, 0.15) is 35.3 Å². The average molecular weight is 336 g/mol. The van der Waals surface area contributed by atoms with E-state index in [4.69, 9.17) is 0 Å². The summed E-state index contributed by atoms with van der Waals surface area (Å²) in [6, 6.07) is 14.1. The molecule has 0 fully saturated rings. The van der Waals surface area contributed by atoms with Crippen molar-refractivity contribution in [3.8, 4) is 0 Å². The summed E-state index contributed by atoms with van der Waals surface area (Å²) in [5.74, 6) is -0.813. The maximum Gasteiger partial charge on any atom is 0.272 e. The van der Waals surface area contributed by atoms with Crippen LogP contribution >= 0.6 is 0 Å². The molecule has 2 aromatic rings. The Morgan fingerprint density at radius 2 is 1.56 bits per heavy atom. The minimum absolute atomic E-state index is 0.0451. The van der Waals surface area contributed by atoms with Crippen LogP contribution in [-0.4, -0.2) is 17.6 Å². The average Bonchev–Trinajstić information content (AvgIpc) is 2.56. The van der Waals surface area contributed by atoms with Crippen molar-refractivity contribution in [2.24, 2.45) is 0 Å². The number of benzene rings is 2. The number of hydrogen-bond acceptors (Lipinski definition) is 3. The van der Waals surface area contributed by atoms with Gasteiger partial charge in [0.15, 0.2) is 5.78 Å². The van der Waals surface area contributed by atoms with Crippen LogP contribution in [0.15, 0.2) is 54.2 Å². The van der Waals surface area contributed by atoms with Crippen molar-refractivity contribution in [3.63, 3.8) is 0 Å². The fourth-order valence-electron chi connectivity index (χ4n) is 2.24. The first-order chi connectivity index (χ1) is 11.9. The van der Waals surface area contributed by atoms with Crippen molar-refractivity contribution in [1.29, 1.82) is 0 Å². The molecule has 0 aliphatic heterocycles. The lowest BCUT2D eigenvalue weighted by Crippen LogP contribution is -2.29. The Morgan fingerprint density at radius 3 is 2.12 bits per heavy atom. The molecule has 128 valence electrons. The first-order valence-electron chi connectivity index (χ1n) is 7.84. The molecular weight excluding hydrogens is 316 g/mol. The Hall–Kier alpha value is -3.21. The molecule has 0 aromatic heterocycles. The van der Waals surface area contributed by atoms with Crippen LogP contribution < -0.4 is 10.6 Å². The van der Waals surface area contributed by atoms with Crippen LogP contribution in [0.4, 0.5) is 5.69 Å². The van der Waals surface area contributed by atoms with E-state index in [1.165, 1.54) is 13.8 Å². The molecule has 0 bridgehead atoms. The van der Waals surface area contributed by atoms with Gasteiger partial charge >= 0.3 is 0 Å². The number of ketones is 1. The number of aryl methyl sites for hydroxylation is 1. The Balaban J connectivity index is 2.25. The van der Waals surface area contributed by atoms with Crippen LogP contribution in [0.3, 0.4) is 0 Å². The molecule has 0 aliphatic rings. The number of hydrogen-bond donors (Lipinski definition) is 2. The van der Waals surface area contributed by atoms with E-state index in [0.717, 1.165) is 11.1 Å². The number of nitrogens with one attached hydrogen (secondary N) is 2. The summed E-state index contributed by atoms with van der Waals surface area (Å²) >= 11 is 0. The van der Waals surface area contributed by atoms with Gasteiger partial charge in [-0.2, -0.15) is 0 Å². The van der Waals surface area contributed by atoms with Crippen LogP contribution in [0.2, 0.25) is 0 Å². The summed E-state index contributed by atoms with van der Waals surface area (Å²) in [5, 5.41) is 5.28. The van der Waals surface area contributed by atoms with Gasteiger partial charge in [0, 0.05) is 18.2 Å². The normalized spacial score (nSPS) is 10.9. The number of carbonyl (C=O) groups is 3. The number of anilines is 1. The smallest absolute Gasteiger partial charge is 0.272 e. The zero-order chi connectivity index (χ0) is 18.4. The minimum atomic E-state index is -0.436. The third kappa shape index (κ3) is 5.14. The molecule has 0 spiro atoms. The molecule has 2 aromatic carbocycles. The summed E-state index contributed by atoms with van der Waals surface area (Å²) in [5.41, 5.74) is 3.08. The lowest BCUT2D eigenvalue weighted by Gasteiger charge is -2.11. The van der Waals surface area contributed by atoms with Crippen molar-refractivity contribution >= 4 is 29.4 Å². The second kappa shape index (κ2) is 8.06. The summed E-state index contributed by atoms with van der Waals surface area (Å²) in [6.07, 6.45) is 1.63. The quantitative estimate of drug-likeness (QED) is 0.650. The topological polar surface area (TPSA) is 75.3 Å². The van der Waals surface area contributed by atoms with Gasteiger partial charge in [0.2, 0.25) is 5.91 Å². The Morgan fingerprint density at radius 1 is 0.920 bits per heavy atom. The second-order valence-corrected chi connectivity index (χ2v) is 5.68. The predicted octanol–water partition coefficient (Wildman–Crippen LogP) is 3.31. The number of amides is 2. The van der Waals surface area contributed by atoms with Crippen molar-refractivity contribution in [2.75, 3.05) is 5.32 Å². The van der Waals surface area contributed by atoms with Crippen LogP contribution in [0.25, 0.3) is 6.08 Å². The van der Waals surface area contributed by atoms with E-state index >= 15 is 0 Å². The summed E-state index contributed by atoms with van der Waals surface area (Å²) in [6.45, 7) is 4.75. The molecule has 0 saturated heterocycles. The van der Waals surface area contributed by atoms with E-state index in [0.29, 0.717) is 11.3 Å². The highest BCUT2D eigenvalue weighted by molar-refractivity contribution is 6.08. The SMILES string of the molecule is CC(=O)NC(=Cc1ccccc1C)C(=O)Nc1ccc(C(C)=O)cc1. The van der Waals surface area contributed by atoms with Gasteiger partial charge in [0.05, 0.1) is 0 Å². The third-order valence-corrected chi connectivity index (χ3v) is 3.59. The van der Waals surface area contributed by atoms with Gasteiger partial charge in [-0.25, -0.2) is 0 Å². The van der Waals surface area contributed by atoms with E-state index in [1.807, 2.05) is 31.2 Å². The van der Waals surface area contributed by atoms with Crippen molar-refractivity contribution in [2.45, 2.75) is 20.8 Å². The number of rotatable bonds is 5. The van der Waals surface area contributed by atoms with Gasteiger partial charge < -0.3 is 10.6 Å². The van der Waals surface area contributed by atoms with Crippen LogP contribution in [-0.2, 0) is 9.59 Å². The van der Waals surface area contributed by atoms with E-state index < -0.39 is 5.91 Å². The van der Waals surface area contributed by atoms with Gasteiger partial charge in [-0.15, -0.1) is 0 Å². The predicted molar refractivity (Wildman–Crippen MR) is 98.0 cm³/mol. The molecule has 0 unspecified atom stereocenters. The zero-order valence-corrected chi connectivity index (χ0v) is 14.4. The molecule has 0 heterocycles. The Bertz CT molecular complexity index is 836. The highest BCUT2D eigenvalue weighted by atomic mass is 16.2. The fraction of sp³-hybridized carbons (Fsp3) is 0.150. The van der Waals surface area contributed by atoms with E-state index in [1.54, 1.807) is 30.3 Å². The molecule has 0 aliphatic carbocycles. The molecule has 0 atom stereocenters. The summed E-state index contributed by atoms with van der Waals surface area (Å²) in [7, 11) is 0. The molecule has 25 heavy (non-hydrogen) atoms. The van der Waals surface area contributed by atoms with Gasteiger partial charge in [0.1, 0.15) is 5.70 Å². The van der Waals surface area contributed by atoms with Crippen molar-refractivity contribution in [1.82, 2.24) is 5.32 Å². The van der Waals surface area contributed by atoms with Crippen LogP contribution in [0, 0.1) is 6.92 Å². The molecule has 5 heteroatoms. The Kier molecular flexibility index (Phi) is 5.84. The second-order valence-electron chi connectivity index (χ2n) is 5.68. The fourth-order valence-corrected chi connectivity index (χ4v) is 2.24. The standard InChI is InChI=1S/C20H20N2O3/c1-13-6-4-5-7-17(13)12-19(21-15(3)24)20(25)22-18-10-8-16(9-11-18)14(2)23/h4-12H,1-3H3,(H,21,24)(H,22,25). The molecule has 2 amide bonds. The summed E-state index contributed by atoms with van der Waals surface area (Å²) in [4.78, 5) is 35.3.